The van der Waals surface area contributed by atoms with Crippen molar-refractivity contribution in [1.82, 2.24) is 19.7 Å². The van der Waals surface area contributed by atoms with E-state index in [9.17, 15) is 9.18 Å². The van der Waals surface area contributed by atoms with Gasteiger partial charge in [-0.1, -0.05) is 37.5 Å². The summed E-state index contributed by atoms with van der Waals surface area (Å²) in [5, 5.41) is 8.77. The van der Waals surface area contributed by atoms with Crippen LogP contribution in [0.3, 0.4) is 0 Å². The number of likely N-dealkylation sites (tertiary alicyclic amines) is 1. The molecule has 1 unspecified atom stereocenters. The molecule has 0 radical (unpaired) electrons. The van der Waals surface area contributed by atoms with E-state index in [0.717, 1.165) is 37.7 Å². The van der Waals surface area contributed by atoms with E-state index in [0.29, 0.717) is 12.1 Å². The Morgan fingerprint density at radius 3 is 2.72 bits per heavy atom. The highest BCUT2D eigenvalue weighted by molar-refractivity contribution is 5.79. The second-order valence-corrected chi connectivity index (χ2v) is 9.30. The zero-order valence-corrected chi connectivity index (χ0v) is 16.9. The summed E-state index contributed by atoms with van der Waals surface area (Å²) in [6, 6.07) is 6.60. The van der Waals surface area contributed by atoms with Crippen molar-refractivity contribution in [3.8, 4) is 0 Å². The van der Waals surface area contributed by atoms with Crippen LogP contribution in [-0.4, -0.2) is 38.7 Å². The van der Waals surface area contributed by atoms with E-state index in [1.54, 1.807) is 18.2 Å². The molecule has 1 atom stereocenters. The summed E-state index contributed by atoms with van der Waals surface area (Å²) in [4.78, 5) is 15.1. The fourth-order valence-corrected chi connectivity index (χ4v) is 5.45. The Labute approximate surface area is 171 Å². The van der Waals surface area contributed by atoms with Crippen LogP contribution in [0.25, 0.3) is 0 Å². The number of nitrogens with zero attached hydrogens (tertiary/aromatic N) is 4. The molecule has 1 aliphatic heterocycles. The largest absolute Gasteiger partial charge is 0.341 e. The first-order valence-electron chi connectivity index (χ1n) is 11.0. The van der Waals surface area contributed by atoms with Crippen LogP contribution in [0.2, 0.25) is 0 Å². The smallest absolute Gasteiger partial charge is 0.227 e. The highest BCUT2D eigenvalue weighted by Crippen LogP contribution is 2.52. The van der Waals surface area contributed by atoms with Gasteiger partial charge >= 0.3 is 0 Å². The minimum absolute atomic E-state index is 0.0239. The third kappa shape index (κ3) is 3.69. The molecule has 1 spiro atoms. The van der Waals surface area contributed by atoms with Gasteiger partial charge in [0.2, 0.25) is 5.91 Å². The first kappa shape index (κ1) is 18.8. The van der Waals surface area contributed by atoms with Gasteiger partial charge in [0.05, 0.1) is 6.42 Å². The maximum Gasteiger partial charge on any atom is 0.227 e. The predicted molar refractivity (Wildman–Crippen MR) is 108 cm³/mol. The molecule has 1 amide bonds. The Bertz CT molecular complexity index is 885. The van der Waals surface area contributed by atoms with Crippen LogP contribution in [-0.2, 0) is 17.8 Å². The summed E-state index contributed by atoms with van der Waals surface area (Å²) in [5.41, 5.74) is 0.577. The van der Waals surface area contributed by atoms with Gasteiger partial charge in [0, 0.05) is 25.6 Å². The third-order valence-corrected chi connectivity index (χ3v) is 7.26. The van der Waals surface area contributed by atoms with Crippen LogP contribution < -0.4 is 0 Å². The Morgan fingerprint density at radius 1 is 1.17 bits per heavy atom. The summed E-state index contributed by atoms with van der Waals surface area (Å²) < 4.78 is 16.3. The van der Waals surface area contributed by atoms with Crippen molar-refractivity contribution in [3.63, 3.8) is 0 Å². The van der Waals surface area contributed by atoms with E-state index in [4.69, 9.17) is 0 Å². The number of hydrogen-bond donors (Lipinski definition) is 0. The Balaban J connectivity index is 1.39. The summed E-state index contributed by atoms with van der Waals surface area (Å²) >= 11 is 0. The highest BCUT2D eigenvalue weighted by Gasteiger charge is 2.50. The minimum atomic E-state index is -0.298. The number of aromatic nitrogens is 3. The fraction of sp³-hybridized carbons (Fsp3) is 0.609. The summed E-state index contributed by atoms with van der Waals surface area (Å²) in [6.07, 6.45) is 10.5. The Morgan fingerprint density at radius 2 is 1.97 bits per heavy atom. The molecule has 1 saturated heterocycles. The van der Waals surface area contributed by atoms with Gasteiger partial charge in [-0.15, -0.1) is 10.2 Å². The molecule has 2 aromatic rings. The molecule has 5 rings (SSSR count). The van der Waals surface area contributed by atoms with Crippen LogP contribution in [0, 0.1) is 17.2 Å². The zero-order chi connectivity index (χ0) is 19.8. The maximum absolute atomic E-state index is 14.1. The number of carbonyl (C=O) groups is 1. The Kier molecular flexibility index (Phi) is 4.88. The van der Waals surface area contributed by atoms with Crippen molar-refractivity contribution in [2.24, 2.45) is 11.3 Å². The molecular weight excluding hydrogens is 367 g/mol. The lowest BCUT2D eigenvalue weighted by molar-refractivity contribution is -0.130. The molecule has 2 heterocycles. The molecule has 1 aromatic carbocycles. The Hall–Kier alpha value is -2.24. The quantitative estimate of drug-likeness (QED) is 0.769. The molecule has 3 aliphatic rings. The van der Waals surface area contributed by atoms with Gasteiger partial charge in [0.25, 0.3) is 0 Å². The van der Waals surface area contributed by atoms with Gasteiger partial charge in [-0.25, -0.2) is 4.39 Å². The van der Waals surface area contributed by atoms with Gasteiger partial charge < -0.3 is 9.47 Å². The van der Waals surface area contributed by atoms with Crippen LogP contribution in [0.4, 0.5) is 4.39 Å². The molecule has 0 bridgehead atoms. The third-order valence-electron chi connectivity index (χ3n) is 7.26. The second kappa shape index (κ2) is 7.54. The fourth-order valence-electron chi connectivity index (χ4n) is 5.45. The molecule has 0 N–H and O–H groups in total. The average molecular weight is 397 g/mol. The molecular formula is C23H29FN4O. The lowest BCUT2D eigenvalue weighted by Gasteiger charge is -2.37. The van der Waals surface area contributed by atoms with Crippen molar-refractivity contribution >= 4 is 5.91 Å². The first-order valence-corrected chi connectivity index (χ1v) is 11.0. The van der Waals surface area contributed by atoms with E-state index in [2.05, 4.69) is 14.8 Å². The highest BCUT2D eigenvalue weighted by atomic mass is 19.1. The van der Waals surface area contributed by atoms with Crippen molar-refractivity contribution in [3.05, 3.63) is 47.8 Å². The van der Waals surface area contributed by atoms with Crippen LogP contribution in [0.15, 0.2) is 30.6 Å². The van der Waals surface area contributed by atoms with Gasteiger partial charge in [0.1, 0.15) is 18.0 Å². The van der Waals surface area contributed by atoms with Gasteiger partial charge in [-0.2, -0.15) is 0 Å². The average Bonchev–Trinajstić information content (AvgIpc) is 3.31. The molecule has 2 aliphatic carbocycles. The second-order valence-electron chi connectivity index (χ2n) is 9.30. The predicted octanol–water partition coefficient (Wildman–Crippen LogP) is 3.95. The van der Waals surface area contributed by atoms with Crippen molar-refractivity contribution in [2.75, 3.05) is 13.1 Å². The van der Waals surface area contributed by atoms with Gasteiger partial charge in [0.15, 0.2) is 0 Å². The maximum atomic E-state index is 14.1. The van der Waals surface area contributed by atoms with E-state index < -0.39 is 0 Å². The normalized spacial score (nSPS) is 23.6. The molecule has 6 heteroatoms. The van der Waals surface area contributed by atoms with Crippen molar-refractivity contribution in [1.29, 1.82) is 0 Å². The minimum Gasteiger partial charge on any atom is -0.341 e. The first-order chi connectivity index (χ1) is 14.1. The van der Waals surface area contributed by atoms with Gasteiger partial charge in [-0.05, 0) is 48.6 Å². The van der Waals surface area contributed by atoms with E-state index in [-0.39, 0.29) is 29.5 Å². The number of carbonyl (C=O) groups excluding carboxylic acids is 1. The summed E-state index contributed by atoms with van der Waals surface area (Å²) in [7, 11) is 0. The number of rotatable bonds is 5. The van der Waals surface area contributed by atoms with Gasteiger partial charge in [-0.3, -0.25) is 4.79 Å². The van der Waals surface area contributed by atoms with Crippen LogP contribution in [0.1, 0.15) is 62.3 Å². The number of halogens is 1. The molecule has 29 heavy (non-hydrogen) atoms. The topological polar surface area (TPSA) is 51.0 Å². The van der Waals surface area contributed by atoms with Crippen LogP contribution in [0.5, 0.6) is 0 Å². The molecule has 154 valence electrons. The summed E-state index contributed by atoms with van der Waals surface area (Å²) in [5.74, 6) is 1.77. The zero-order valence-electron chi connectivity index (χ0n) is 16.9. The SMILES string of the molecule is O=C(Cc1ccccc1F)N1CC(c2nncn2CC2CC2)C2(CCCCC2)C1. The molecule has 1 aromatic heterocycles. The monoisotopic (exact) mass is 396 g/mol. The van der Waals surface area contributed by atoms with Crippen molar-refractivity contribution in [2.45, 2.75) is 63.8 Å². The lowest BCUT2D eigenvalue weighted by atomic mass is 9.67. The standard InChI is InChI=1S/C23H29FN4O/c24-20-7-3-2-6-18(20)12-21(29)27-14-19(23(15-27)10-4-1-5-11-23)22-26-25-16-28(22)13-17-8-9-17/h2-3,6-7,16-17,19H,1,4-5,8-15H2. The molecule has 3 fully saturated rings. The number of amides is 1. The lowest BCUT2D eigenvalue weighted by Crippen LogP contribution is -2.35. The number of hydrogen-bond acceptors (Lipinski definition) is 3. The van der Waals surface area contributed by atoms with E-state index in [1.165, 1.54) is 38.2 Å². The molecule has 5 nitrogen and oxygen atoms in total. The van der Waals surface area contributed by atoms with Crippen molar-refractivity contribution < 1.29 is 9.18 Å². The van der Waals surface area contributed by atoms with E-state index in [1.807, 2.05) is 11.2 Å². The van der Waals surface area contributed by atoms with E-state index >= 15 is 0 Å². The molecule has 2 saturated carbocycles. The van der Waals surface area contributed by atoms with Crippen LogP contribution >= 0.6 is 0 Å². The summed E-state index contributed by atoms with van der Waals surface area (Å²) in [6.45, 7) is 2.44. The number of benzene rings is 1.